The first kappa shape index (κ1) is 22.7. The van der Waals surface area contributed by atoms with E-state index in [9.17, 15) is 8.42 Å². The summed E-state index contributed by atoms with van der Waals surface area (Å²) in [7, 11) is -3.60. The summed E-state index contributed by atoms with van der Waals surface area (Å²) in [6.45, 7) is 1.96. The van der Waals surface area contributed by atoms with Crippen molar-refractivity contribution in [1.82, 2.24) is 20.0 Å². The van der Waals surface area contributed by atoms with Crippen LogP contribution in [-0.4, -0.2) is 37.4 Å². The van der Waals surface area contributed by atoms with Crippen molar-refractivity contribution in [2.45, 2.75) is 17.9 Å². The highest BCUT2D eigenvalue weighted by molar-refractivity contribution is 7.89. The van der Waals surface area contributed by atoms with Crippen molar-refractivity contribution in [2.75, 3.05) is 18.4 Å². The van der Waals surface area contributed by atoms with Crippen LogP contribution in [0.1, 0.15) is 12.0 Å². The summed E-state index contributed by atoms with van der Waals surface area (Å²) in [6, 6.07) is 16.2. The Morgan fingerprint density at radius 1 is 0.941 bits per heavy atom. The van der Waals surface area contributed by atoms with Crippen molar-refractivity contribution < 1.29 is 8.42 Å². The molecule has 5 rings (SSSR count). The third kappa shape index (κ3) is 5.33. The van der Waals surface area contributed by atoms with Gasteiger partial charge in [0.1, 0.15) is 16.4 Å². The van der Waals surface area contributed by atoms with Gasteiger partial charge in [-0.2, -0.15) is 0 Å². The molecule has 1 aliphatic heterocycles. The second-order valence-corrected chi connectivity index (χ2v) is 11.0. The zero-order chi connectivity index (χ0) is 23.4. The number of aromatic nitrogens is 2. The monoisotopic (exact) mass is 510 g/mol. The van der Waals surface area contributed by atoms with E-state index < -0.39 is 10.0 Å². The molecule has 3 N–H and O–H groups in total. The largest absolute Gasteiger partial charge is 0.356 e. The molecule has 2 aromatic heterocycles. The quantitative estimate of drug-likeness (QED) is 0.344. The summed E-state index contributed by atoms with van der Waals surface area (Å²) in [6.07, 6.45) is 1.03. The van der Waals surface area contributed by atoms with E-state index in [0.29, 0.717) is 0 Å². The van der Waals surface area contributed by atoms with Gasteiger partial charge in [0, 0.05) is 36.0 Å². The highest BCUT2D eigenvalue weighted by Crippen LogP contribution is 2.31. The Hall–Kier alpha value is -3.12. The second kappa shape index (κ2) is 10.0. The number of sulfonamides is 1. The van der Waals surface area contributed by atoms with Gasteiger partial charge in [-0.1, -0.05) is 42.5 Å². The fourth-order valence-corrected chi connectivity index (χ4v) is 5.87. The first-order chi connectivity index (χ1) is 16.6. The van der Waals surface area contributed by atoms with Crippen LogP contribution < -0.4 is 15.4 Å². The molecule has 3 heterocycles. The van der Waals surface area contributed by atoms with Crippen molar-refractivity contribution in [3.8, 4) is 22.0 Å². The smallest absolute Gasteiger partial charge is 0.240 e. The molecular weight excluding hydrogens is 488 g/mol. The third-order valence-corrected chi connectivity index (χ3v) is 8.18. The molecule has 0 radical (unpaired) electrons. The molecule has 0 bridgehead atoms. The predicted octanol–water partition coefficient (Wildman–Crippen LogP) is 4.17. The Kier molecular flexibility index (Phi) is 6.68. The molecule has 0 unspecified atom stereocenters. The minimum absolute atomic E-state index is 0.221. The Bertz CT molecular complexity index is 1400. The van der Waals surface area contributed by atoms with E-state index in [-0.39, 0.29) is 11.4 Å². The molecule has 8 nitrogen and oxygen atoms in total. The maximum absolute atomic E-state index is 12.6. The van der Waals surface area contributed by atoms with Crippen LogP contribution in [0.3, 0.4) is 0 Å². The van der Waals surface area contributed by atoms with Crippen molar-refractivity contribution in [2.24, 2.45) is 4.99 Å². The maximum atomic E-state index is 12.6. The van der Waals surface area contributed by atoms with Gasteiger partial charge in [0.2, 0.25) is 10.0 Å². The van der Waals surface area contributed by atoms with E-state index in [1.807, 2.05) is 41.1 Å². The molecular formula is C23H22N6O2S3. The summed E-state index contributed by atoms with van der Waals surface area (Å²) in [5.74, 6) is 0.749. The minimum Gasteiger partial charge on any atom is -0.356 e. The SMILES string of the molecule is O=S(=O)(NCc1ccccc1)c1ccc(-c2nc(-c3csc(NC4=NCCCN4)n3)cs2)cc1. The maximum Gasteiger partial charge on any atom is 0.240 e. The fraction of sp³-hybridized carbons (Fsp3) is 0.174. The lowest BCUT2D eigenvalue weighted by molar-refractivity contribution is 0.581. The number of anilines is 1. The molecule has 0 saturated heterocycles. The lowest BCUT2D eigenvalue weighted by Crippen LogP contribution is -2.35. The normalized spacial score (nSPS) is 13.8. The van der Waals surface area contributed by atoms with E-state index in [2.05, 4.69) is 25.3 Å². The van der Waals surface area contributed by atoms with Gasteiger partial charge in [-0.3, -0.25) is 4.99 Å². The highest BCUT2D eigenvalue weighted by atomic mass is 32.2. The van der Waals surface area contributed by atoms with Gasteiger partial charge in [0.25, 0.3) is 0 Å². The predicted molar refractivity (Wildman–Crippen MR) is 138 cm³/mol. The number of aliphatic imine (C=N–C) groups is 1. The summed E-state index contributed by atoms with van der Waals surface area (Å²) < 4.78 is 27.9. The second-order valence-electron chi connectivity index (χ2n) is 7.55. The number of rotatable bonds is 7. The molecule has 0 atom stereocenters. The van der Waals surface area contributed by atoms with Gasteiger partial charge in [-0.25, -0.2) is 23.1 Å². The Morgan fingerprint density at radius 2 is 1.71 bits per heavy atom. The molecule has 2 aromatic carbocycles. The molecule has 174 valence electrons. The van der Waals surface area contributed by atoms with Gasteiger partial charge in [-0.05, 0) is 24.1 Å². The van der Waals surface area contributed by atoms with Crippen LogP contribution in [0, 0.1) is 0 Å². The van der Waals surface area contributed by atoms with E-state index >= 15 is 0 Å². The van der Waals surface area contributed by atoms with Gasteiger partial charge in [0.05, 0.1) is 4.90 Å². The van der Waals surface area contributed by atoms with Crippen LogP contribution in [0.25, 0.3) is 22.0 Å². The van der Waals surface area contributed by atoms with Crippen molar-refractivity contribution >= 4 is 43.8 Å². The Morgan fingerprint density at radius 3 is 2.47 bits per heavy atom. The van der Waals surface area contributed by atoms with Crippen LogP contribution in [0.2, 0.25) is 0 Å². The van der Waals surface area contributed by atoms with Gasteiger partial charge < -0.3 is 10.6 Å². The van der Waals surface area contributed by atoms with Gasteiger partial charge >= 0.3 is 0 Å². The number of benzene rings is 2. The van der Waals surface area contributed by atoms with Crippen LogP contribution in [0.4, 0.5) is 5.13 Å². The lowest BCUT2D eigenvalue weighted by atomic mass is 10.2. The van der Waals surface area contributed by atoms with Crippen molar-refractivity contribution in [3.63, 3.8) is 0 Å². The summed E-state index contributed by atoms with van der Waals surface area (Å²) in [5, 5.41) is 11.9. The average Bonchev–Trinajstić information content (AvgIpc) is 3.54. The average molecular weight is 511 g/mol. The number of hydrogen-bond donors (Lipinski definition) is 3. The fourth-order valence-electron chi connectivity index (χ4n) is 3.32. The Balaban J connectivity index is 1.26. The number of hydrogen-bond acceptors (Lipinski definition) is 9. The van der Waals surface area contributed by atoms with Crippen molar-refractivity contribution in [3.05, 3.63) is 70.9 Å². The van der Waals surface area contributed by atoms with Crippen LogP contribution in [0.5, 0.6) is 0 Å². The summed E-state index contributed by atoms with van der Waals surface area (Å²) in [5.41, 5.74) is 3.33. The molecule has 0 spiro atoms. The highest BCUT2D eigenvalue weighted by Gasteiger charge is 2.16. The molecule has 1 aliphatic rings. The van der Waals surface area contributed by atoms with Crippen LogP contribution in [0.15, 0.2) is 75.2 Å². The summed E-state index contributed by atoms with van der Waals surface area (Å²) >= 11 is 2.99. The van der Waals surface area contributed by atoms with E-state index in [4.69, 9.17) is 4.98 Å². The first-order valence-corrected chi connectivity index (χ1v) is 13.9. The van der Waals surface area contributed by atoms with Gasteiger partial charge in [0.15, 0.2) is 11.1 Å². The molecule has 0 aliphatic carbocycles. The number of guanidine groups is 1. The lowest BCUT2D eigenvalue weighted by Gasteiger charge is -2.13. The van der Waals surface area contributed by atoms with Crippen LogP contribution in [-0.2, 0) is 16.6 Å². The molecule has 0 fully saturated rings. The topological polar surface area (TPSA) is 108 Å². The number of nitrogens with one attached hydrogen (secondary N) is 3. The minimum atomic E-state index is -3.60. The molecule has 11 heteroatoms. The first-order valence-electron chi connectivity index (χ1n) is 10.7. The molecule has 0 saturated carbocycles. The standard InChI is InChI=1S/C23H22N6O2S3/c30-34(31,26-13-16-5-2-1-3-6-16)18-9-7-17(8-10-18)21-27-19(14-32-21)20-15-33-23(28-20)29-22-24-11-4-12-25-22/h1-3,5-10,14-15,26H,4,11-13H2,(H2,24,25,28,29). The number of nitrogens with zero attached hydrogens (tertiary/aromatic N) is 3. The molecule has 34 heavy (non-hydrogen) atoms. The summed E-state index contributed by atoms with van der Waals surface area (Å²) in [4.78, 5) is 13.9. The molecule has 4 aromatic rings. The van der Waals surface area contributed by atoms with E-state index in [1.165, 1.54) is 22.7 Å². The zero-order valence-electron chi connectivity index (χ0n) is 18.1. The molecule has 0 amide bonds. The van der Waals surface area contributed by atoms with E-state index in [1.54, 1.807) is 24.3 Å². The third-order valence-electron chi connectivity index (χ3n) is 5.11. The van der Waals surface area contributed by atoms with Gasteiger partial charge in [-0.15, -0.1) is 22.7 Å². The van der Waals surface area contributed by atoms with Crippen LogP contribution >= 0.6 is 22.7 Å². The van der Waals surface area contributed by atoms with E-state index in [0.717, 1.165) is 58.1 Å². The van der Waals surface area contributed by atoms with Crippen molar-refractivity contribution in [1.29, 1.82) is 0 Å². The zero-order valence-corrected chi connectivity index (χ0v) is 20.5. The number of thiazole rings is 2. The Labute approximate surface area is 205 Å².